The summed E-state index contributed by atoms with van der Waals surface area (Å²) in [6.45, 7) is 0. The predicted molar refractivity (Wildman–Crippen MR) is 120 cm³/mol. The molecule has 0 spiro atoms. The van der Waals surface area contributed by atoms with Crippen LogP contribution in [0.1, 0.15) is 21.9 Å². The average Bonchev–Trinajstić information content (AvgIpc) is 3.24. The van der Waals surface area contributed by atoms with Gasteiger partial charge in [0.15, 0.2) is 0 Å². The Hall–Kier alpha value is -2.27. The molecule has 1 N–H and O–H groups in total. The Bertz CT molecular complexity index is 1370. The molecule has 12 heteroatoms. The van der Waals surface area contributed by atoms with E-state index in [9.17, 15) is 27.6 Å². The maximum absolute atomic E-state index is 13.7. The Morgan fingerprint density at radius 2 is 1.70 bits per heavy atom. The minimum Gasteiger partial charge on any atom is -0.307 e. The summed E-state index contributed by atoms with van der Waals surface area (Å²) in [5.41, 5.74) is -1.19. The summed E-state index contributed by atoms with van der Waals surface area (Å²) < 4.78 is 41.0. The van der Waals surface area contributed by atoms with E-state index in [1.165, 1.54) is 12.1 Å². The zero-order valence-electron chi connectivity index (χ0n) is 16.2. The van der Waals surface area contributed by atoms with Crippen LogP contribution in [0.2, 0.25) is 10.0 Å². The number of carbonyl (C=O) groups excluding carboxylic acids is 2. The molecule has 1 aromatic heterocycles. The maximum atomic E-state index is 13.7. The van der Waals surface area contributed by atoms with E-state index in [2.05, 4.69) is 4.98 Å². The smallest absolute Gasteiger partial charge is 0.307 e. The first-order valence-electron chi connectivity index (χ1n) is 9.47. The quantitative estimate of drug-likeness (QED) is 0.440. The molecule has 0 aliphatic carbocycles. The third-order valence-corrected chi connectivity index (χ3v) is 8.83. The van der Waals surface area contributed by atoms with Crippen LogP contribution in [0.15, 0.2) is 52.3 Å². The minimum absolute atomic E-state index is 0.149. The van der Waals surface area contributed by atoms with E-state index in [-0.39, 0.29) is 14.9 Å². The summed E-state index contributed by atoms with van der Waals surface area (Å²) in [6.07, 6.45) is -4.77. The van der Waals surface area contributed by atoms with Crippen LogP contribution in [0.4, 0.5) is 18.9 Å². The van der Waals surface area contributed by atoms with Crippen LogP contribution >= 0.6 is 46.3 Å². The van der Waals surface area contributed by atoms with Crippen LogP contribution in [0, 0.1) is 5.92 Å². The molecule has 0 unspecified atom stereocenters. The SMILES string of the molecule is O=C1[C@H]2[C@H](c3cccc(Cl)c3Cl)c3sc(=O)[nH]c3S[C@H]2C(=O)N1c1ccccc1C(F)(F)F. The Balaban J connectivity index is 1.70. The lowest BCUT2D eigenvalue weighted by Crippen LogP contribution is -2.33. The van der Waals surface area contributed by atoms with E-state index >= 15 is 0 Å². The van der Waals surface area contributed by atoms with Gasteiger partial charge < -0.3 is 4.98 Å². The lowest BCUT2D eigenvalue weighted by atomic mass is 9.83. The van der Waals surface area contributed by atoms with Gasteiger partial charge in [-0.1, -0.05) is 70.6 Å². The number of nitrogens with zero attached hydrogens (tertiary/aromatic N) is 1. The molecule has 5 nitrogen and oxygen atoms in total. The highest BCUT2D eigenvalue weighted by molar-refractivity contribution is 8.00. The predicted octanol–water partition coefficient (Wildman–Crippen LogP) is 5.56. The molecule has 5 rings (SSSR count). The van der Waals surface area contributed by atoms with Gasteiger partial charge in [0, 0.05) is 10.8 Å². The molecule has 3 heterocycles. The Morgan fingerprint density at radius 1 is 0.970 bits per heavy atom. The molecule has 2 aromatic carbocycles. The molecule has 0 saturated carbocycles. The molecule has 170 valence electrons. The second-order valence-corrected chi connectivity index (χ2v) is 10.4. The van der Waals surface area contributed by atoms with Crippen LogP contribution < -0.4 is 9.77 Å². The number of alkyl halides is 3. The Kier molecular flexibility index (Phi) is 5.39. The van der Waals surface area contributed by atoms with Crippen LogP contribution in [-0.4, -0.2) is 22.0 Å². The van der Waals surface area contributed by atoms with Gasteiger partial charge in [-0.2, -0.15) is 13.2 Å². The largest absolute Gasteiger partial charge is 0.418 e. The second kappa shape index (κ2) is 7.90. The number of carbonyl (C=O) groups is 2. The summed E-state index contributed by atoms with van der Waals surface area (Å²) in [5.74, 6) is -3.48. The van der Waals surface area contributed by atoms with Gasteiger partial charge in [0.05, 0.1) is 32.2 Å². The number of para-hydroxylation sites is 1. The summed E-state index contributed by atoms with van der Waals surface area (Å²) in [4.78, 5) is 42.4. The lowest BCUT2D eigenvalue weighted by Gasteiger charge is -2.30. The third kappa shape index (κ3) is 3.51. The summed E-state index contributed by atoms with van der Waals surface area (Å²) in [6, 6.07) is 9.24. The average molecular weight is 531 g/mol. The van der Waals surface area contributed by atoms with Gasteiger partial charge in [0.2, 0.25) is 11.8 Å². The number of hydrogen-bond acceptors (Lipinski definition) is 5. The molecular formula is C21H11Cl2F3N2O3S2. The van der Waals surface area contributed by atoms with Crippen molar-refractivity contribution >= 4 is 63.8 Å². The highest BCUT2D eigenvalue weighted by Gasteiger charge is 2.57. The Morgan fingerprint density at radius 3 is 2.42 bits per heavy atom. The van der Waals surface area contributed by atoms with Crippen molar-refractivity contribution in [1.82, 2.24) is 4.98 Å². The van der Waals surface area contributed by atoms with Gasteiger partial charge in [-0.3, -0.25) is 14.4 Å². The number of nitrogens with one attached hydrogen (secondary N) is 1. The number of fused-ring (bicyclic) bond motifs is 2. The molecule has 0 radical (unpaired) electrons. The van der Waals surface area contributed by atoms with E-state index in [1.54, 1.807) is 18.2 Å². The van der Waals surface area contributed by atoms with Gasteiger partial charge in [0.1, 0.15) is 5.25 Å². The van der Waals surface area contributed by atoms with E-state index in [0.717, 1.165) is 35.2 Å². The minimum atomic E-state index is -4.77. The van der Waals surface area contributed by atoms with Gasteiger partial charge in [0.25, 0.3) is 0 Å². The van der Waals surface area contributed by atoms with Crippen molar-refractivity contribution in [2.75, 3.05) is 4.90 Å². The number of aromatic amines is 1. The molecule has 1 fully saturated rings. The number of benzene rings is 2. The number of imide groups is 1. The van der Waals surface area contributed by atoms with Crippen molar-refractivity contribution in [1.29, 1.82) is 0 Å². The van der Waals surface area contributed by atoms with Crippen LogP contribution in [-0.2, 0) is 15.8 Å². The monoisotopic (exact) mass is 530 g/mol. The third-order valence-electron chi connectivity index (χ3n) is 5.59. The zero-order chi connectivity index (χ0) is 23.7. The molecule has 2 amide bonds. The fourth-order valence-corrected chi connectivity index (χ4v) is 7.19. The van der Waals surface area contributed by atoms with Crippen molar-refractivity contribution in [2.24, 2.45) is 5.92 Å². The number of hydrogen-bond donors (Lipinski definition) is 1. The highest BCUT2D eigenvalue weighted by Crippen LogP contribution is 2.55. The van der Waals surface area contributed by atoms with Gasteiger partial charge in [-0.25, -0.2) is 4.90 Å². The topological polar surface area (TPSA) is 70.2 Å². The first-order valence-corrected chi connectivity index (χ1v) is 11.9. The molecule has 3 aromatic rings. The van der Waals surface area contributed by atoms with Gasteiger partial charge in [-0.05, 0) is 23.8 Å². The number of aromatic nitrogens is 1. The fourth-order valence-electron chi connectivity index (χ4n) is 4.26. The van der Waals surface area contributed by atoms with E-state index in [0.29, 0.717) is 20.4 Å². The van der Waals surface area contributed by atoms with Crippen LogP contribution in [0.3, 0.4) is 0 Å². The van der Waals surface area contributed by atoms with E-state index < -0.39 is 46.3 Å². The van der Waals surface area contributed by atoms with Crippen LogP contribution in [0.5, 0.6) is 0 Å². The fraction of sp³-hybridized carbons (Fsp3) is 0.190. The lowest BCUT2D eigenvalue weighted by molar-refractivity contribution is -0.137. The standard InChI is InChI=1S/C21H11Cl2F3N2O3S2/c22-10-6-3-4-8(14(10)23)12-13-16(32-17-15(12)33-20(31)27-17)19(30)28(18(13)29)11-7-2-1-5-9(11)21(24,25)26/h1-7,12-13,16H,(H,27,31)/t12-,13-,16+/m0/s1. The first kappa shape index (κ1) is 22.5. The van der Waals surface area contributed by atoms with Crippen molar-refractivity contribution in [3.63, 3.8) is 0 Å². The molecular weight excluding hydrogens is 520 g/mol. The van der Waals surface area contributed by atoms with Gasteiger partial charge in [-0.15, -0.1) is 0 Å². The van der Waals surface area contributed by atoms with Crippen LogP contribution in [0.25, 0.3) is 0 Å². The van der Waals surface area contributed by atoms with Crippen molar-refractivity contribution < 1.29 is 22.8 Å². The summed E-state index contributed by atoms with van der Waals surface area (Å²) in [5, 5.41) is -0.295. The van der Waals surface area contributed by atoms with Crippen molar-refractivity contribution in [3.8, 4) is 0 Å². The summed E-state index contributed by atoms with van der Waals surface area (Å²) in [7, 11) is 0. The number of halogens is 5. The van der Waals surface area contributed by atoms with Crippen molar-refractivity contribution in [2.45, 2.75) is 22.4 Å². The highest BCUT2D eigenvalue weighted by atomic mass is 35.5. The van der Waals surface area contributed by atoms with E-state index in [1.807, 2.05) is 0 Å². The number of anilines is 1. The normalized spacial score (nSPS) is 22.5. The number of rotatable bonds is 2. The van der Waals surface area contributed by atoms with Gasteiger partial charge >= 0.3 is 11.0 Å². The number of amides is 2. The number of thiazole rings is 1. The molecule has 2 aliphatic rings. The first-order chi connectivity index (χ1) is 15.6. The molecule has 3 atom stereocenters. The van der Waals surface area contributed by atoms with E-state index in [4.69, 9.17) is 23.2 Å². The summed E-state index contributed by atoms with van der Waals surface area (Å²) >= 11 is 14.4. The van der Waals surface area contributed by atoms with Crippen molar-refractivity contribution in [3.05, 3.63) is 78.2 Å². The zero-order valence-corrected chi connectivity index (χ0v) is 19.3. The molecule has 0 bridgehead atoms. The Labute approximate surface area is 202 Å². The number of thioether (sulfide) groups is 1. The molecule has 33 heavy (non-hydrogen) atoms. The maximum Gasteiger partial charge on any atom is 0.418 e. The molecule has 1 saturated heterocycles. The number of H-pyrrole nitrogens is 1. The second-order valence-electron chi connectivity index (χ2n) is 7.42. The molecule has 2 aliphatic heterocycles.